The molecular weight excluding hydrogens is 252 g/mol. The minimum Gasteiger partial charge on any atom is -0.393 e. The van der Waals surface area contributed by atoms with Crippen LogP contribution >= 0.6 is 0 Å². The predicted molar refractivity (Wildman–Crippen MR) is 78.7 cm³/mol. The Morgan fingerprint density at radius 3 is 2.95 bits per heavy atom. The Kier molecular flexibility index (Phi) is 3.92. The molecule has 0 spiro atoms. The number of amides is 1. The minimum atomic E-state index is -0.255. The Morgan fingerprint density at radius 1 is 1.25 bits per heavy atom. The summed E-state index contributed by atoms with van der Waals surface area (Å²) in [5.41, 5.74) is 2.16. The van der Waals surface area contributed by atoms with Gasteiger partial charge < -0.3 is 15.7 Å². The number of rotatable bonds is 2. The van der Waals surface area contributed by atoms with E-state index in [1.165, 1.54) is 0 Å². The Labute approximate surface area is 119 Å². The van der Waals surface area contributed by atoms with Crippen LogP contribution in [0.3, 0.4) is 0 Å². The highest BCUT2D eigenvalue weighted by Crippen LogP contribution is 2.31. The highest BCUT2D eigenvalue weighted by molar-refractivity contribution is 5.86. The molecule has 3 atom stereocenters. The average molecular weight is 274 g/mol. The van der Waals surface area contributed by atoms with Crippen molar-refractivity contribution in [3.8, 4) is 0 Å². The fourth-order valence-corrected chi connectivity index (χ4v) is 3.34. The van der Waals surface area contributed by atoms with Gasteiger partial charge in [-0.1, -0.05) is 18.2 Å². The predicted octanol–water partition coefficient (Wildman–Crippen LogP) is 2.01. The second-order valence-electron chi connectivity index (χ2n) is 5.88. The zero-order valence-corrected chi connectivity index (χ0v) is 11.6. The summed E-state index contributed by atoms with van der Waals surface area (Å²) in [6.45, 7) is 0.836. The molecule has 1 fully saturated rings. The van der Waals surface area contributed by atoms with Crippen LogP contribution in [0, 0.1) is 0 Å². The monoisotopic (exact) mass is 274 g/mol. The molecule has 0 aromatic heterocycles. The number of hydrogen-bond donors (Lipinski definition) is 3. The van der Waals surface area contributed by atoms with Crippen LogP contribution < -0.4 is 10.6 Å². The van der Waals surface area contributed by atoms with Gasteiger partial charge in [-0.15, -0.1) is 0 Å². The number of fused-ring (bicyclic) bond motifs is 1. The van der Waals surface area contributed by atoms with Crippen molar-refractivity contribution < 1.29 is 9.90 Å². The zero-order chi connectivity index (χ0) is 13.9. The molecule has 1 saturated carbocycles. The van der Waals surface area contributed by atoms with Gasteiger partial charge in [-0.2, -0.15) is 0 Å². The van der Waals surface area contributed by atoms with E-state index in [0.29, 0.717) is 6.42 Å². The topological polar surface area (TPSA) is 61.4 Å². The lowest BCUT2D eigenvalue weighted by Gasteiger charge is -2.30. The molecule has 1 heterocycles. The number of carbonyl (C=O) groups is 1. The number of carbonyl (C=O) groups excluding carboxylic acids is 1. The second-order valence-corrected chi connectivity index (χ2v) is 5.88. The van der Waals surface area contributed by atoms with Crippen molar-refractivity contribution in [2.75, 3.05) is 11.9 Å². The lowest BCUT2D eigenvalue weighted by molar-refractivity contribution is -0.123. The average Bonchev–Trinajstić information content (AvgIpc) is 2.46. The van der Waals surface area contributed by atoms with Crippen LogP contribution in [-0.2, 0) is 4.79 Å². The highest BCUT2D eigenvalue weighted by Gasteiger charge is 2.29. The van der Waals surface area contributed by atoms with Gasteiger partial charge in [0.25, 0.3) is 0 Å². The van der Waals surface area contributed by atoms with E-state index in [0.717, 1.165) is 43.5 Å². The maximum absolute atomic E-state index is 12.5. The highest BCUT2D eigenvalue weighted by atomic mass is 16.3. The number of aliphatic hydroxyl groups excluding tert-OH is 1. The van der Waals surface area contributed by atoms with Crippen molar-refractivity contribution >= 4 is 11.6 Å². The largest absolute Gasteiger partial charge is 0.393 e. The molecule has 108 valence electrons. The summed E-state index contributed by atoms with van der Waals surface area (Å²) in [5.74, 6) is 0.0459. The first-order valence-corrected chi connectivity index (χ1v) is 7.55. The Hall–Kier alpha value is -1.55. The Bertz CT molecular complexity index is 489. The van der Waals surface area contributed by atoms with Crippen LogP contribution in [-0.4, -0.2) is 29.7 Å². The quantitative estimate of drug-likeness (QED) is 0.773. The number of nitrogens with one attached hydrogen (secondary N) is 2. The number of hydrogen-bond acceptors (Lipinski definition) is 3. The van der Waals surface area contributed by atoms with E-state index in [-0.39, 0.29) is 24.0 Å². The van der Waals surface area contributed by atoms with Crippen molar-refractivity contribution in [2.24, 2.45) is 0 Å². The SMILES string of the molecule is O=C(NC1CCCC(O)C1)C1CCNc2ccccc21. The van der Waals surface area contributed by atoms with E-state index in [1.54, 1.807) is 0 Å². The van der Waals surface area contributed by atoms with Crippen molar-refractivity contribution in [1.29, 1.82) is 0 Å². The van der Waals surface area contributed by atoms with Crippen LogP contribution in [0.15, 0.2) is 24.3 Å². The molecule has 4 heteroatoms. The van der Waals surface area contributed by atoms with Crippen molar-refractivity contribution in [1.82, 2.24) is 5.32 Å². The van der Waals surface area contributed by atoms with Gasteiger partial charge in [0.2, 0.25) is 5.91 Å². The third kappa shape index (κ3) is 2.80. The van der Waals surface area contributed by atoms with Gasteiger partial charge in [0.15, 0.2) is 0 Å². The summed E-state index contributed by atoms with van der Waals surface area (Å²) in [7, 11) is 0. The zero-order valence-electron chi connectivity index (χ0n) is 11.6. The van der Waals surface area contributed by atoms with E-state index in [1.807, 2.05) is 24.3 Å². The van der Waals surface area contributed by atoms with E-state index in [4.69, 9.17) is 0 Å². The molecule has 1 aliphatic carbocycles. The van der Waals surface area contributed by atoms with Gasteiger partial charge in [0.05, 0.1) is 12.0 Å². The molecule has 1 aromatic carbocycles. The first-order valence-electron chi connectivity index (χ1n) is 7.55. The number of aliphatic hydroxyl groups is 1. The third-order valence-electron chi connectivity index (χ3n) is 4.39. The van der Waals surface area contributed by atoms with Crippen molar-refractivity contribution in [3.05, 3.63) is 29.8 Å². The standard InChI is InChI=1S/C16H22N2O2/c19-12-5-3-4-11(10-12)18-16(20)14-8-9-17-15-7-2-1-6-13(14)15/h1-2,6-7,11-12,14,17,19H,3-5,8-10H2,(H,18,20). The van der Waals surface area contributed by atoms with E-state index in [9.17, 15) is 9.90 Å². The summed E-state index contributed by atoms with van der Waals surface area (Å²) in [4.78, 5) is 12.5. The van der Waals surface area contributed by atoms with Crippen molar-refractivity contribution in [2.45, 2.75) is 50.2 Å². The van der Waals surface area contributed by atoms with E-state index >= 15 is 0 Å². The lowest BCUT2D eigenvalue weighted by Crippen LogP contribution is -2.43. The molecule has 20 heavy (non-hydrogen) atoms. The summed E-state index contributed by atoms with van der Waals surface area (Å²) in [6, 6.07) is 8.16. The molecule has 0 saturated heterocycles. The van der Waals surface area contributed by atoms with Gasteiger partial charge in [0.1, 0.15) is 0 Å². The fraction of sp³-hybridized carbons (Fsp3) is 0.562. The first-order chi connectivity index (χ1) is 9.74. The molecule has 3 unspecified atom stereocenters. The molecule has 0 radical (unpaired) electrons. The van der Waals surface area contributed by atoms with Crippen LogP contribution in [0.5, 0.6) is 0 Å². The molecule has 1 aliphatic heterocycles. The molecule has 3 rings (SSSR count). The van der Waals surface area contributed by atoms with Crippen molar-refractivity contribution in [3.63, 3.8) is 0 Å². The number of anilines is 1. The first kappa shape index (κ1) is 13.4. The van der Waals surface area contributed by atoms with Gasteiger partial charge in [-0.3, -0.25) is 4.79 Å². The summed E-state index contributed by atoms with van der Waals surface area (Å²) >= 11 is 0. The molecule has 4 nitrogen and oxygen atoms in total. The normalized spacial score (nSPS) is 29.1. The molecule has 2 aliphatic rings. The van der Waals surface area contributed by atoms with Crippen LogP contribution in [0.2, 0.25) is 0 Å². The molecule has 3 N–H and O–H groups in total. The minimum absolute atomic E-state index is 0.0634. The van der Waals surface area contributed by atoms with E-state index in [2.05, 4.69) is 10.6 Å². The second kappa shape index (κ2) is 5.83. The fourth-order valence-electron chi connectivity index (χ4n) is 3.34. The van der Waals surface area contributed by atoms with E-state index < -0.39 is 0 Å². The van der Waals surface area contributed by atoms with Crippen LogP contribution in [0.25, 0.3) is 0 Å². The molecule has 1 aromatic rings. The lowest BCUT2D eigenvalue weighted by atomic mass is 9.88. The Balaban J connectivity index is 1.69. The summed E-state index contributed by atoms with van der Waals surface area (Å²) < 4.78 is 0. The summed E-state index contributed by atoms with van der Waals surface area (Å²) in [6.07, 6.45) is 4.11. The van der Waals surface area contributed by atoms with Crippen LogP contribution in [0.1, 0.15) is 43.6 Å². The molecular formula is C16H22N2O2. The Morgan fingerprint density at radius 2 is 2.10 bits per heavy atom. The van der Waals surface area contributed by atoms with Gasteiger partial charge >= 0.3 is 0 Å². The summed E-state index contributed by atoms with van der Waals surface area (Å²) in [5, 5.41) is 16.2. The smallest absolute Gasteiger partial charge is 0.227 e. The van der Waals surface area contributed by atoms with Gasteiger partial charge in [-0.05, 0) is 43.7 Å². The molecule has 1 amide bonds. The number of benzene rings is 1. The maximum atomic E-state index is 12.5. The molecule has 0 bridgehead atoms. The number of para-hydroxylation sites is 1. The maximum Gasteiger partial charge on any atom is 0.227 e. The van der Waals surface area contributed by atoms with Gasteiger partial charge in [-0.25, -0.2) is 0 Å². The van der Waals surface area contributed by atoms with Crippen LogP contribution in [0.4, 0.5) is 5.69 Å². The third-order valence-corrected chi connectivity index (χ3v) is 4.39. The van der Waals surface area contributed by atoms with Gasteiger partial charge in [0, 0.05) is 18.3 Å².